The van der Waals surface area contributed by atoms with Gasteiger partial charge in [-0.15, -0.1) is 0 Å². The average molecular weight is 313 g/mol. The van der Waals surface area contributed by atoms with Gasteiger partial charge in [0.2, 0.25) is 11.8 Å². The normalized spacial score (nSPS) is 10.9. The summed E-state index contributed by atoms with van der Waals surface area (Å²) in [5.41, 5.74) is 2.61. The van der Waals surface area contributed by atoms with Crippen LogP contribution in [0.3, 0.4) is 0 Å². The number of nitrogens with one attached hydrogen (secondary N) is 1. The summed E-state index contributed by atoms with van der Waals surface area (Å²) in [4.78, 5) is 7.10. The van der Waals surface area contributed by atoms with E-state index in [4.69, 9.17) is 22.2 Å². The van der Waals surface area contributed by atoms with Crippen LogP contribution in [-0.4, -0.2) is 18.2 Å². The fraction of sp³-hybridized carbons (Fsp3) is 0.0769. The highest BCUT2D eigenvalue weighted by molar-refractivity contribution is 6.31. The summed E-state index contributed by atoms with van der Waals surface area (Å²) in [6.45, 7) is 0. The molecule has 21 heavy (non-hydrogen) atoms. The molecule has 110 valence electrons. The molecule has 0 aliphatic heterocycles. The number of nitrogens with zero attached hydrogens (tertiary/aromatic N) is 2. The lowest BCUT2D eigenvalue weighted by atomic mass is 10.2. The van der Waals surface area contributed by atoms with Gasteiger partial charge in [-0.2, -0.15) is 13.8 Å². The number of hydrogen-bond acceptors (Lipinski definition) is 5. The summed E-state index contributed by atoms with van der Waals surface area (Å²) < 4.78 is 32.5. The maximum atomic E-state index is 13.9. The molecule has 0 radical (unpaired) electrons. The Morgan fingerprint density at radius 1 is 1.33 bits per heavy atom. The van der Waals surface area contributed by atoms with Gasteiger partial charge >= 0.3 is 0 Å². The number of pyridine rings is 1. The van der Waals surface area contributed by atoms with E-state index in [1.165, 1.54) is 6.07 Å². The van der Waals surface area contributed by atoms with Gasteiger partial charge in [0, 0.05) is 24.4 Å². The Bertz CT molecular complexity index is 694. The Kier molecular flexibility index (Phi) is 4.66. The number of hydrogen-bond donors (Lipinski definition) is 2. The van der Waals surface area contributed by atoms with Gasteiger partial charge in [0.25, 0.3) is 0 Å². The Morgan fingerprint density at radius 2 is 2.10 bits per heavy atom. The summed E-state index contributed by atoms with van der Waals surface area (Å²) in [6, 6.07) is 5.50. The Labute approximate surface area is 124 Å². The summed E-state index contributed by atoms with van der Waals surface area (Å²) in [6.07, 6.45) is 1.55. The van der Waals surface area contributed by atoms with Crippen LogP contribution in [0.4, 0.5) is 14.6 Å². The number of aromatic nitrogens is 1. The van der Waals surface area contributed by atoms with Crippen molar-refractivity contribution in [1.82, 2.24) is 4.98 Å². The third-order valence-corrected chi connectivity index (χ3v) is 2.65. The molecule has 1 aromatic carbocycles. The highest BCUT2D eigenvalue weighted by atomic mass is 35.5. The van der Waals surface area contributed by atoms with Crippen molar-refractivity contribution < 1.29 is 13.5 Å². The quantitative estimate of drug-likeness (QED) is 0.394. The molecule has 8 heteroatoms. The molecule has 0 saturated carbocycles. The molecule has 2 rings (SSSR count). The maximum Gasteiger partial charge on any atom is 0.218 e. The van der Waals surface area contributed by atoms with Crippen LogP contribution in [0, 0.1) is 11.8 Å². The van der Waals surface area contributed by atoms with Gasteiger partial charge in [-0.1, -0.05) is 11.6 Å². The first-order chi connectivity index (χ1) is 10.0. The van der Waals surface area contributed by atoms with Crippen LogP contribution in [0.2, 0.25) is 5.02 Å². The molecule has 0 amide bonds. The first-order valence-electron chi connectivity index (χ1n) is 5.76. The third kappa shape index (κ3) is 3.65. The average Bonchev–Trinajstić information content (AvgIpc) is 2.42. The minimum atomic E-state index is -0.934. The van der Waals surface area contributed by atoms with Crippen molar-refractivity contribution in [3.8, 4) is 11.5 Å². The molecule has 0 unspecified atom stereocenters. The van der Waals surface area contributed by atoms with E-state index >= 15 is 0 Å². The number of aliphatic imine (C=N–C) groups is 1. The Balaban J connectivity index is 2.40. The monoisotopic (exact) mass is 312 g/mol. The minimum Gasteiger partial charge on any atom is -0.454 e. The van der Waals surface area contributed by atoms with Crippen LogP contribution >= 0.6 is 11.6 Å². The first-order valence-corrected chi connectivity index (χ1v) is 6.14. The lowest BCUT2D eigenvalue weighted by molar-refractivity contribution is 0.432. The van der Waals surface area contributed by atoms with Gasteiger partial charge in [-0.3, -0.25) is 4.99 Å². The number of ether oxygens (including phenoxy) is 1. The number of anilines is 1. The molecule has 0 fully saturated rings. The van der Waals surface area contributed by atoms with Gasteiger partial charge in [0.05, 0.1) is 0 Å². The van der Waals surface area contributed by atoms with Crippen molar-refractivity contribution in [2.75, 3.05) is 12.5 Å². The molecule has 1 aromatic heterocycles. The molecule has 5 nitrogen and oxygen atoms in total. The second-order valence-corrected chi connectivity index (χ2v) is 4.40. The van der Waals surface area contributed by atoms with E-state index in [1.54, 1.807) is 25.4 Å². The van der Waals surface area contributed by atoms with Crippen molar-refractivity contribution in [3.63, 3.8) is 0 Å². The van der Waals surface area contributed by atoms with Gasteiger partial charge < -0.3 is 10.2 Å². The van der Waals surface area contributed by atoms with Crippen LogP contribution in [0.15, 0.2) is 29.3 Å². The highest BCUT2D eigenvalue weighted by Gasteiger charge is 2.14. The molecule has 0 spiro atoms. The minimum absolute atomic E-state index is 0.227. The van der Waals surface area contributed by atoms with Gasteiger partial charge in [0.1, 0.15) is 5.75 Å². The predicted octanol–water partition coefficient (Wildman–Crippen LogP) is 3.14. The molecule has 0 saturated heterocycles. The zero-order valence-corrected chi connectivity index (χ0v) is 11.7. The maximum absolute atomic E-state index is 13.9. The van der Waals surface area contributed by atoms with Crippen LogP contribution in [0.1, 0.15) is 5.56 Å². The van der Waals surface area contributed by atoms with Crippen molar-refractivity contribution >= 4 is 23.6 Å². The van der Waals surface area contributed by atoms with Crippen molar-refractivity contribution in [3.05, 3.63) is 46.6 Å². The zero-order valence-electron chi connectivity index (χ0n) is 10.9. The second-order valence-electron chi connectivity index (χ2n) is 3.96. The van der Waals surface area contributed by atoms with E-state index in [9.17, 15) is 8.78 Å². The first kappa shape index (κ1) is 15.1. The fourth-order valence-electron chi connectivity index (χ4n) is 1.64. The number of hydrazine groups is 1. The van der Waals surface area contributed by atoms with Crippen LogP contribution in [0.5, 0.6) is 11.5 Å². The van der Waals surface area contributed by atoms with E-state index in [1.807, 2.05) is 5.43 Å². The van der Waals surface area contributed by atoms with E-state index in [2.05, 4.69) is 9.98 Å². The van der Waals surface area contributed by atoms with E-state index in [0.29, 0.717) is 10.6 Å². The SMILES string of the molecule is CN=Cc1cc(Cl)cc(Oc2cc(F)nc(NN)c2F)c1. The number of benzene rings is 1. The molecular formula is C13H11ClF2N4O. The standard InChI is InChI=1S/C13H11ClF2N4O/c1-18-6-7-2-8(14)4-9(3-7)21-10-5-11(15)19-13(20-17)12(10)16/h2-6H,17H2,1H3,(H,19,20). The Morgan fingerprint density at radius 3 is 2.76 bits per heavy atom. The molecule has 0 aliphatic carbocycles. The van der Waals surface area contributed by atoms with Crippen LogP contribution < -0.4 is 16.0 Å². The number of nitrogens with two attached hydrogens (primary N) is 1. The molecule has 2 aromatic rings. The molecule has 0 bridgehead atoms. The number of halogens is 3. The third-order valence-electron chi connectivity index (χ3n) is 2.43. The van der Waals surface area contributed by atoms with Gasteiger partial charge in [-0.25, -0.2) is 5.84 Å². The number of nitrogen functional groups attached to an aromatic ring is 1. The van der Waals surface area contributed by atoms with Crippen molar-refractivity contribution in [2.45, 2.75) is 0 Å². The van der Waals surface area contributed by atoms with Gasteiger partial charge in [0.15, 0.2) is 11.6 Å². The molecule has 0 aliphatic rings. The molecule has 0 atom stereocenters. The topological polar surface area (TPSA) is 72.5 Å². The lowest BCUT2D eigenvalue weighted by Gasteiger charge is -2.10. The fourth-order valence-corrected chi connectivity index (χ4v) is 1.87. The summed E-state index contributed by atoms with van der Waals surface area (Å²) in [7, 11) is 1.60. The molecule has 3 N–H and O–H groups in total. The predicted molar refractivity (Wildman–Crippen MR) is 77.0 cm³/mol. The van der Waals surface area contributed by atoms with Crippen molar-refractivity contribution in [1.29, 1.82) is 0 Å². The highest BCUT2D eigenvalue weighted by Crippen LogP contribution is 2.30. The van der Waals surface area contributed by atoms with E-state index in [0.717, 1.165) is 6.07 Å². The smallest absolute Gasteiger partial charge is 0.218 e. The molecular weight excluding hydrogens is 302 g/mol. The lowest BCUT2D eigenvalue weighted by Crippen LogP contribution is -2.12. The second kappa shape index (κ2) is 6.47. The largest absolute Gasteiger partial charge is 0.454 e. The molecule has 1 heterocycles. The van der Waals surface area contributed by atoms with E-state index in [-0.39, 0.29) is 11.5 Å². The van der Waals surface area contributed by atoms with Crippen LogP contribution in [0.25, 0.3) is 0 Å². The summed E-state index contributed by atoms with van der Waals surface area (Å²) in [5.74, 6) is 2.62. The van der Waals surface area contributed by atoms with Gasteiger partial charge in [-0.05, 0) is 23.8 Å². The van der Waals surface area contributed by atoms with E-state index < -0.39 is 17.6 Å². The Hall–Kier alpha value is -2.25. The zero-order chi connectivity index (χ0) is 15.4. The summed E-state index contributed by atoms with van der Waals surface area (Å²) >= 11 is 5.93. The number of rotatable bonds is 4. The summed E-state index contributed by atoms with van der Waals surface area (Å²) in [5, 5.41) is 0.370. The van der Waals surface area contributed by atoms with Crippen molar-refractivity contribution in [2.24, 2.45) is 10.8 Å². The van der Waals surface area contributed by atoms with Crippen LogP contribution in [-0.2, 0) is 0 Å².